The standard InChI is InChI=1S/C15H28N2S/c1-3-5-7-13-18-15(8-6-4-2)9-11-17-12-10-16-14-17/h10,12,14-15H,3-9,11,13H2,1-2H3. The fraction of sp³-hybridized carbons (Fsp3) is 0.800. The van der Waals surface area contributed by atoms with E-state index in [-0.39, 0.29) is 0 Å². The summed E-state index contributed by atoms with van der Waals surface area (Å²) in [4.78, 5) is 4.10. The van der Waals surface area contributed by atoms with Crippen LogP contribution in [0.4, 0.5) is 0 Å². The summed E-state index contributed by atoms with van der Waals surface area (Å²) < 4.78 is 2.20. The summed E-state index contributed by atoms with van der Waals surface area (Å²) in [5.41, 5.74) is 0. The van der Waals surface area contributed by atoms with E-state index in [1.165, 1.54) is 50.7 Å². The highest BCUT2D eigenvalue weighted by Gasteiger charge is 2.08. The molecule has 1 unspecified atom stereocenters. The van der Waals surface area contributed by atoms with Gasteiger partial charge in [-0.05, 0) is 25.0 Å². The molecule has 0 aliphatic carbocycles. The van der Waals surface area contributed by atoms with Crippen molar-refractivity contribution >= 4 is 11.8 Å². The zero-order valence-electron chi connectivity index (χ0n) is 12.0. The van der Waals surface area contributed by atoms with Crippen LogP contribution in [0.15, 0.2) is 18.7 Å². The van der Waals surface area contributed by atoms with Crippen molar-refractivity contribution in [1.29, 1.82) is 0 Å². The lowest BCUT2D eigenvalue weighted by molar-refractivity contribution is 0.579. The van der Waals surface area contributed by atoms with Gasteiger partial charge < -0.3 is 4.57 Å². The van der Waals surface area contributed by atoms with Gasteiger partial charge in [0.25, 0.3) is 0 Å². The average molecular weight is 268 g/mol. The van der Waals surface area contributed by atoms with E-state index < -0.39 is 0 Å². The van der Waals surface area contributed by atoms with Crippen LogP contribution >= 0.6 is 11.8 Å². The predicted molar refractivity (Wildman–Crippen MR) is 82.1 cm³/mol. The number of aryl methyl sites for hydroxylation is 1. The van der Waals surface area contributed by atoms with Gasteiger partial charge in [0.2, 0.25) is 0 Å². The molecule has 0 bridgehead atoms. The van der Waals surface area contributed by atoms with Gasteiger partial charge in [-0.15, -0.1) is 0 Å². The maximum Gasteiger partial charge on any atom is 0.0945 e. The van der Waals surface area contributed by atoms with Crippen molar-refractivity contribution in [2.24, 2.45) is 0 Å². The van der Waals surface area contributed by atoms with Crippen LogP contribution in [0.5, 0.6) is 0 Å². The Morgan fingerprint density at radius 2 is 1.94 bits per heavy atom. The quantitative estimate of drug-likeness (QED) is 0.539. The van der Waals surface area contributed by atoms with E-state index in [2.05, 4.69) is 41.4 Å². The number of imidazole rings is 1. The topological polar surface area (TPSA) is 17.8 Å². The molecule has 0 fully saturated rings. The Morgan fingerprint density at radius 1 is 1.11 bits per heavy atom. The summed E-state index contributed by atoms with van der Waals surface area (Å²) in [6.45, 7) is 5.68. The highest BCUT2D eigenvalue weighted by molar-refractivity contribution is 7.99. The van der Waals surface area contributed by atoms with E-state index in [1.807, 2.05) is 12.5 Å². The molecule has 0 aromatic carbocycles. The molecule has 0 aliphatic heterocycles. The second-order valence-corrected chi connectivity index (χ2v) is 6.34. The normalized spacial score (nSPS) is 12.8. The zero-order chi connectivity index (χ0) is 13.1. The number of hydrogen-bond acceptors (Lipinski definition) is 2. The van der Waals surface area contributed by atoms with E-state index in [4.69, 9.17) is 0 Å². The Morgan fingerprint density at radius 3 is 2.61 bits per heavy atom. The highest BCUT2D eigenvalue weighted by Crippen LogP contribution is 2.23. The smallest absolute Gasteiger partial charge is 0.0945 e. The SMILES string of the molecule is CCCCCSC(CCCC)CCn1ccnc1. The maximum atomic E-state index is 4.10. The Hall–Kier alpha value is -0.440. The zero-order valence-corrected chi connectivity index (χ0v) is 12.8. The van der Waals surface area contributed by atoms with Crippen molar-refractivity contribution in [3.05, 3.63) is 18.7 Å². The van der Waals surface area contributed by atoms with Gasteiger partial charge in [-0.3, -0.25) is 0 Å². The van der Waals surface area contributed by atoms with Crippen molar-refractivity contribution in [2.45, 2.75) is 70.6 Å². The molecule has 0 N–H and O–H groups in total. The summed E-state index contributed by atoms with van der Waals surface area (Å²) in [5.74, 6) is 1.34. The van der Waals surface area contributed by atoms with Crippen molar-refractivity contribution in [1.82, 2.24) is 9.55 Å². The summed E-state index contributed by atoms with van der Waals surface area (Å²) >= 11 is 2.19. The number of nitrogens with zero attached hydrogens (tertiary/aromatic N) is 2. The lowest BCUT2D eigenvalue weighted by atomic mass is 10.1. The second kappa shape index (κ2) is 10.5. The van der Waals surface area contributed by atoms with Crippen molar-refractivity contribution in [3.63, 3.8) is 0 Å². The van der Waals surface area contributed by atoms with E-state index >= 15 is 0 Å². The van der Waals surface area contributed by atoms with Crippen molar-refractivity contribution in [2.75, 3.05) is 5.75 Å². The fourth-order valence-electron chi connectivity index (χ4n) is 2.06. The number of rotatable bonds is 11. The number of thioether (sulfide) groups is 1. The lowest BCUT2D eigenvalue weighted by Crippen LogP contribution is -2.08. The average Bonchev–Trinajstić information content (AvgIpc) is 2.90. The lowest BCUT2D eigenvalue weighted by Gasteiger charge is -2.16. The van der Waals surface area contributed by atoms with Gasteiger partial charge in [0, 0.05) is 24.2 Å². The molecule has 1 aromatic rings. The molecular formula is C15H28N2S. The molecule has 0 spiro atoms. The molecule has 3 heteroatoms. The maximum absolute atomic E-state index is 4.10. The monoisotopic (exact) mass is 268 g/mol. The third-order valence-corrected chi connectivity index (χ3v) is 4.72. The van der Waals surface area contributed by atoms with Crippen LogP contribution in [-0.4, -0.2) is 20.6 Å². The molecule has 104 valence electrons. The van der Waals surface area contributed by atoms with Crippen LogP contribution in [0.1, 0.15) is 58.8 Å². The minimum atomic E-state index is 0.837. The Balaban J connectivity index is 2.21. The van der Waals surface area contributed by atoms with Gasteiger partial charge >= 0.3 is 0 Å². The third kappa shape index (κ3) is 7.10. The summed E-state index contributed by atoms with van der Waals surface area (Å²) in [7, 11) is 0. The third-order valence-electron chi connectivity index (χ3n) is 3.25. The molecule has 0 amide bonds. The Kier molecular flexibility index (Phi) is 9.09. The second-order valence-electron chi connectivity index (χ2n) is 4.93. The van der Waals surface area contributed by atoms with Gasteiger partial charge in [0.1, 0.15) is 0 Å². The van der Waals surface area contributed by atoms with Gasteiger partial charge in [0.05, 0.1) is 6.33 Å². The molecule has 0 radical (unpaired) electrons. The first-order valence-electron chi connectivity index (χ1n) is 7.44. The molecule has 1 aromatic heterocycles. The summed E-state index contributed by atoms with van der Waals surface area (Å²) in [6.07, 6.45) is 15.3. The molecule has 18 heavy (non-hydrogen) atoms. The van der Waals surface area contributed by atoms with E-state index in [0.29, 0.717) is 0 Å². The number of aromatic nitrogens is 2. The van der Waals surface area contributed by atoms with E-state index in [0.717, 1.165) is 11.8 Å². The first-order valence-corrected chi connectivity index (χ1v) is 8.49. The van der Waals surface area contributed by atoms with Crippen molar-refractivity contribution in [3.8, 4) is 0 Å². The van der Waals surface area contributed by atoms with Crippen LogP contribution in [0, 0.1) is 0 Å². The van der Waals surface area contributed by atoms with Gasteiger partial charge in [-0.2, -0.15) is 11.8 Å². The van der Waals surface area contributed by atoms with Crippen LogP contribution in [-0.2, 0) is 6.54 Å². The summed E-state index contributed by atoms with van der Waals surface area (Å²) in [5, 5.41) is 0.837. The number of hydrogen-bond donors (Lipinski definition) is 0. The van der Waals surface area contributed by atoms with Crippen LogP contribution in [0.2, 0.25) is 0 Å². The molecule has 1 rings (SSSR count). The van der Waals surface area contributed by atoms with Crippen molar-refractivity contribution < 1.29 is 0 Å². The molecule has 1 atom stereocenters. The minimum absolute atomic E-state index is 0.837. The van der Waals surface area contributed by atoms with Gasteiger partial charge in [0.15, 0.2) is 0 Å². The van der Waals surface area contributed by atoms with Gasteiger partial charge in [-0.1, -0.05) is 39.5 Å². The molecular weight excluding hydrogens is 240 g/mol. The highest BCUT2D eigenvalue weighted by atomic mass is 32.2. The molecule has 0 saturated carbocycles. The van der Waals surface area contributed by atoms with Crippen LogP contribution < -0.4 is 0 Å². The molecule has 2 nitrogen and oxygen atoms in total. The Labute approximate surface area is 117 Å². The largest absolute Gasteiger partial charge is 0.337 e. The van der Waals surface area contributed by atoms with E-state index in [1.54, 1.807) is 0 Å². The Bertz CT molecular complexity index is 272. The molecule has 1 heterocycles. The predicted octanol–water partition coefficient (Wildman–Crippen LogP) is 4.76. The fourth-order valence-corrected chi connectivity index (χ4v) is 3.37. The minimum Gasteiger partial charge on any atom is -0.337 e. The van der Waals surface area contributed by atoms with E-state index in [9.17, 15) is 0 Å². The van der Waals surface area contributed by atoms with Gasteiger partial charge in [-0.25, -0.2) is 4.98 Å². The first kappa shape index (κ1) is 15.6. The van der Waals surface area contributed by atoms with Crippen LogP contribution in [0.3, 0.4) is 0 Å². The molecule has 0 saturated heterocycles. The van der Waals surface area contributed by atoms with Crippen LogP contribution in [0.25, 0.3) is 0 Å². The first-order chi connectivity index (χ1) is 8.86. The number of unbranched alkanes of at least 4 members (excludes halogenated alkanes) is 3. The molecule has 0 aliphatic rings. The summed E-state index contributed by atoms with van der Waals surface area (Å²) in [6, 6.07) is 0.